The van der Waals surface area contributed by atoms with E-state index in [1.54, 1.807) is 23.5 Å². The van der Waals surface area contributed by atoms with Gasteiger partial charge in [0.05, 0.1) is 17.8 Å². The van der Waals surface area contributed by atoms with E-state index in [1.165, 1.54) is 45.7 Å². The van der Waals surface area contributed by atoms with Crippen LogP contribution in [0, 0.1) is 12.7 Å². The van der Waals surface area contributed by atoms with Crippen molar-refractivity contribution in [1.82, 2.24) is 14.9 Å². The zero-order chi connectivity index (χ0) is 22.9. The van der Waals surface area contributed by atoms with E-state index in [0.29, 0.717) is 10.2 Å². The van der Waals surface area contributed by atoms with Gasteiger partial charge < -0.3 is 5.32 Å². The standard InChI is InChI=1S/C24H18FN3O2S3/c1-14-4-9-18(33-14)17-12-32-23-21(17)24(30)28(13-26-23)11-20(29)27-22(19-3-2-10-31-19)15-5-7-16(25)8-6-15/h2-10,12-13,22H,11H2,1H3,(H,27,29). The van der Waals surface area contributed by atoms with Gasteiger partial charge in [0.2, 0.25) is 5.91 Å². The number of carbonyl (C=O) groups excluding carboxylic acids is 1. The lowest BCUT2D eigenvalue weighted by Gasteiger charge is -2.18. The van der Waals surface area contributed by atoms with Crippen molar-refractivity contribution in [2.45, 2.75) is 19.5 Å². The molecular formula is C24H18FN3O2S3. The van der Waals surface area contributed by atoms with Crippen LogP contribution in [-0.4, -0.2) is 15.5 Å². The maximum atomic E-state index is 13.4. The van der Waals surface area contributed by atoms with Crippen LogP contribution in [0.3, 0.4) is 0 Å². The molecule has 4 aromatic heterocycles. The summed E-state index contributed by atoms with van der Waals surface area (Å²) >= 11 is 4.54. The van der Waals surface area contributed by atoms with Crippen molar-refractivity contribution in [3.8, 4) is 10.4 Å². The molecule has 5 nitrogen and oxygen atoms in total. The molecule has 0 saturated carbocycles. The van der Waals surface area contributed by atoms with E-state index < -0.39 is 6.04 Å². The molecule has 1 atom stereocenters. The molecule has 0 radical (unpaired) electrons. The number of aromatic nitrogens is 2. The van der Waals surface area contributed by atoms with Crippen LogP contribution >= 0.6 is 34.0 Å². The minimum absolute atomic E-state index is 0.163. The summed E-state index contributed by atoms with van der Waals surface area (Å²) in [7, 11) is 0. The molecule has 0 spiro atoms. The third kappa shape index (κ3) is 4.39. The minimum atomic E-state index is -0.434. The first kappa shape index (κ1) is 21.7. The molecule has 1 amide bonds. The summed E-state index contributed by atoms with van der Waals surface area (Å²) in [6.07, 6.45) is 1.42. The molecule has 1 aromatic carbocycles. The number of nitrogens with zero attached hydrogens (tertiary/aromatic N) is 2. The van der Waals surface area contributed by atoms with E-state index in [2.05, 4.69) is 10.3 Å². The Bertz CT molecular complexity index is 1480. The van der Waals surface area contributed by atoms with Crippen molar-refractivity contribution >= 4 is 50.1 Å². The molecule has 0 bridgehead atoms. The Labute approximate surface area is 200 Å². The van der Waals surface area contributed by atoms with Gasteiger partial charge in [0.15, 0.2) is 0 Å². The lowest BCUT2D eigenvalue weighted by Crippen LogP contribution is -2.35. The number of hydrogen-bond acceptors (Lipinski definition) is 6. The molecule has 1 unspecified atom stereocenters. The Kier molecular flexibility index (Phi) is 5.92. The van der Waals surface area contributed by atoms with Crippen molar-refractivity contribution in [3.05, 3.63) is 97.1 Å². The first-order valence-electron chi connectivity index (χ1n) is 10.1. The number of fused-ring (bicyclic) bond motifs is 1. The lowest BCUT2D eigenvalue weighted by molar-refractivity contribution is -0.122. The zero-order valence-corrected chi connectivity index (χ0v) is 19.9. The quantitative estimate of drug-likeness (QED) is 0.333. The van der Waals surface area contributed by atoms with Crippen LogP contribution in [0.4, 0.5) is 4.39 Å². The molecule has 0 aliphatic carbocycles. The Morgan fingerprint density at radius 2 is 1.97 bits per heavy atom. The Morgan fingerprint density at radius 3 is 2.67 bits per heavy atom. The van der Waals surface area contributed by atoms with E-state index in [4.69, 9.17) is 0 Å². The van der Waals surface area contributed by atoms with E-state index in [-0.39, 0.29) is 23.8 Å². The molecule has 0 aliphatic heterocycles. The van der Waals surface area contributed by atoms with E-state index in [9.17, 15) is 14.0 Å². The monoisotopic (exact) mass is 495 g/mol. The van der Waals surface area contributed by atoms with E-state index in [1.807, 2.05) is 41.9 Å². The molecule has 33 heavy (non-hydrogen) atoms. The maximum Gasteiger partial charge on any atom is 0.263 e. The van der Waals surface area contributed by atoms with Gasteiger partial charge in [0.1, 0.15) is 17.2 Å². The van der Waals surface area contributed by atoms with Crippen LogP contribution in [-0.2, 0) is 11.3 Å². The average molecular weight is 496 g/mol. The van der Waals surface area contributed by atoms with Gasteiger partial charge in [-0.25, -0.2) is 9.37 Å². The predicted octanol–water partition coefficient (Wildman–Crippen LogP) is 5.60. The van der Waals surface area contributed by atoms with Crippen molar-refractivity contribution in [2.75, 3.05) is 0 Å². The maximum absolute atomic E-state index is 13.4. The van der Waals surface area contributed by atoms with Gasteiger partial charge >= 0.3 is 0 Å². The second kappa shape index (κ2) is 9.01. The summed E-state index contributed by atoms with van der Waals surface area (Å²) in [4.78, 5) is 34.4. The van der Waals surface area contributed by atoms with Crippen molar-refractivity contribution in [3.63, 3.8) is 0 Å². The fourth-order valence-corrected chi connectivity index (χ4v) is 6.30. The van der Waals surface area contributed by atoms with Gasteiger partial charge in [-0.3, -0.25) is 14.2 Å². The minimum Gasteiger partial charge on any atom is -0.343 e. The molecule has 166 valence electrons. The Hall–Kier alpha value is -3.14. The summed E-state index contributed by atoms with van der Waals surface area (Å²) in [6, 6.07) is 13.4. The van der Waals surface area contributed by atoms with Crippen LogP contribution in [0.25, 0.3) is 20.7 Å². The fraction of sp³-hybridized carbons (Fsp3) is 0.125. The van der Waals surface area contributed by atoms with Crippen LogP contribution in [0.2, 0.25) is 0 Å². The first-order chi connectivity index (χ1) is 16.0. The highest BCUT2D eigenvalue weighted by Crippen LogP contribution is 2.35. The molecule has 5 rings (SSSR count). The molecule has 4 heterocycles. The molecular weight excluding hydrogens is 477 g/mol. The Morgan fingerprint density at radius 1 is 1.15 bits per heavy atom. The molecule has 0 fully saturated rings. The summed E-state index contributed by atoms with van der Waals surface area (Å²) in [5.41, 5.74) is 1.37. The molecule has 5 aromatic rings. The SMILES string of the molecule is Cc1ccc(-c2csc3ncn(CC(=O)NC(c4ccc(F)cc4)c4cccs4)c(=O)c23)s1. The second-order valence-corrected chi connectivity index (χ2v) is 10.6. The highest BCUT2D eigenvalue weighted by atomic mass is 32.1. The van der Waals surface area contributed by atoms with Crippen molar-refractivity contribution in [1.29, 1.82) is 0 Å². The van der Waals surface area contributed by atoms with Crippen LogP contribution in [0.1, 0.15) is 21.4 Å². The number of nitrogens with one attached hydrogen (secondary N) is 1. The second-order valence-electron chi connectivity index (χ2n) is 7.48. The van der Waals surface area contributed by atoms with Gasteiger partial charge in [-0.15, -0.1) is 34.0 Å². The number of aryl methyl sites for hydroxylation is 1. The molecule has 0 aliphatic rings. The molecule has 0 saturated heterocycles. The van der Waals surface area contributed by atoms with Gasteiger partial charge in [-0.1, -0.05) is 18.2 Å². The number of halogens is 1. The fourth-order valence-electron chi connectivity index (χ4n) is 3.63. The predicted molar refractivity (Wildman–Crippen MR) is 133 cm³/mol. The molecule has 1 N–H and O–H groups in total. The summed E-state index contributed by atoms with van der Waals surface area (Å²) in [5, 5.41) is 7.38. The van der Waals surface area contributed by atoms with Gasteiger partial charge in [-0.05, 0) is 48.2 Å². The third-order valence-corrected chi connectivity index (χ3v) is 8.07. The van der Waals surface area contributed by atoms with Crippen LogP contribution in [0.5, 0.6) is 0 Å². The Balaban J connectivity index is 1.44. The van der Waals surface area contributed by atoms with Crippen molar-refractivity contribution in [2.24, 2.45) is 0 Å². The highest BCUT2D eigenvalue weighted by molar-refractivity contribution is 7.19. The summed E-state index contributed by atoms with van der Waals surface area (Å²) in [6.45, 7) is 1.86. The number of benzene rings is 1. The van der Waals surface area contributed by atoms with Gasteiger partial charge in [0, 0.05) is 25.6 Å². The zero-order valence-electron chi connectivity index (χ0n) is 17.4. The normalized spacial score (nSPS) is 12.2. The van der Waals surface area contributed by atoms with E-state index in [0.717, 1.165) is 25.8 Å². The third-order valence-electron chi connectivity index (χ3n) is 5.22. The van der Waals surface area contributed by atoms with E-state index >= 15 is 0 Å². The topological polar surface area (TPSA) is 64.0 Å². The lowest BCUT2D eigenvalue weighted by atomic mass is 10.1. The number of rotatable bonds is 6. The molecule has 9 heteroatoms. The first-order valence-corrected chi connectivity index (χ1v) is 12.7. The smallest absolute Gasteiger partial charge is 0.263 e. The van der Waals surface area contributed by atoms with Gasteiger partial charge in [-0.2, -0.15) is 0 Å². The number of thiophene rings is 3. The highest BCUT2D eigenvalue weighted by Gasteiger charge is 2.20. The van der Waals surface area contributed by atoms with Gasteiger partial charge in [0.25, 0.3) is 5.56 Å². The summed E-state index contributed by atoms with van der Waals surface area (Å²) < 4.78 is 14.8. The average Bonchev–Trinajstić information content (AvgIpc) is 3.55. The van der Waals surface area contributed by atoms with Crippen molar-refractivity contribution < 1.29 is 9.18 Å². The number of hydrogen-bond donors (Lipinski definition) is 1. The van der Waals surface area contributed by atoms with Crippen LogP contribution in [0.15, 0.2) is 70.4 Å². The summed E-state index contributed by atoms with van der Waals surface area (Å²) in [5.74, 6) is -0.668. The number of carbonyl (C=O) groups is 1. The number of amides is 1. The largest absolute Gasteiger partial charge is 0.343 e. The van der Waals surface area contributed by atoms with Crippen LogP contribution < -0.4 is 10.9 Å².